The fourth-order valence-electron chi connectivity index (χ4n) is 2.89. The Morgan fingerprint density at radius 2 is 1.54 bits per heavy atom. The average molecular weight is 426 g/mol. The van der Waals surface area contributed by atoms with Gasteiger partial charge in [-0.1, -0.05) is 41.5 Å². The van der Waals surface area contributed by atoms with Crippen LogP contribution in [0.1, 0.15) is 67.7 Å². The Kier molecular flexibility index (Phi) is 9.99. The lowest BCUT2D eigenvalue weighted by atomic mass is 9.68. The van der Waals surface area contributed by atoms with E-state index < -0.39 is 34.5 Å². The summed E-state index contributed by atoms with van der Waals surface area (Å²) in [5.41, 5.74) is -1.27. The van der Waals surface area contributed by atoms with Crippen molar-refractivity contribution in [2.75, 3.05) is 20.3 Å². The van der Waals surface area contributed by atoms with Crippen molar-refractivity contribution < 1.29 is 32.6 Å². The molecule has 0 rings (SSSR count). The zero-order chi connectivity index (χ0) is 22.4. The van der Waals surface area contributed by atoms with Crippen LogP contribution < -0.4 is 0 Å². The molecular formula is C20H37F2O5P. The smallest absolute Gasteiger partial charge is 0.381 e. The van der Waals surface area contributed by atoms with Crippen LogP contribution in [0.3, 0.4) is 0 Å². The summed E-state index contributed by atoms with van der Waals surface area (Å²) < 4.78 is 43.8. The Bertz CT molecular complexity index is 526. The van der Waals surface area contributed by atoms with Crippen molar-refractivity contribution in [2.45, 2.75) is 84.9 Å². The lowest BCUT2D eigenvalue weighted by Gasteiger charge is -2.44. The number of ether oxygens (including phenoxy) is 3. The van der Waals surface area contributed by atoms with Crippen LogP contribution in [0.15, 0.2) is 0 Å². The zero-order valence-electron chi connectivity index (χ0n) is 18.5. The number of methoxy groups -OCH3 is 1. The first-order chi connectivity index (χ1) is 12.5. The largest absolute Gasteiger partial charge is 0.461 e. The summed E-state index contributed by atoms with van der Waals surface area (Å²) in [7, 11) is 4.06. The van der Waals surface area contributed by atoms with Crippen molar-refractivity contribution in [3.63, 3.8) is 0 Å². The summed E-state index contributed by atoms with van der Waals surface area (Å²) in [5.74, 6) is -6.36. The van der Waals surface area contributed by atoms with Gasteiger partial charge >= 0.3 is 17.9 Å². The SMILES string of the molecule is CCC(OC(=O)C(C)(CC(C)(C)C)C(C)(C)P)C(F)(F)C(=O)OCCCOC. The van der Waals surface area contributed by atoms with Gasteiger partial charge in [-0.05, 0) is 30.3 Å². The summed E-state index contributed by atoms with van der Waals surface area (Å²) in [6, 6.07) is 0. The molecule has 3 atom stereocenters. The molecule has 3 unspecified atom stereocenters. The average Bonchev–Trinajstić information content (AvgIpc) is 2.53. The van der Waals surface area contributed by atoms with Gasteiger partial charge in [0.1, 0.15) is 0 Å². The molecule has 0 radical (unpaired) electrons. The molecule has 0 amide bonds. The first-order valence-corrected chi connectivity index (χ1v) is 10.1. The number of esters is 2. The molecule has 0 saturated heterocycles. The van der Waals surface area contributed by atoms with Crippen molar-refractivity contribution in [3.05, 3.63) is 0 Å². The Morgan fingerprint density at radius 3 is 1.93 bits per heavy atom. The molecular weight excluding hydrogens is 389 g/mol. The van der Waals surface area contributed by atoms with E-state index in [0.717, 1.165) is 0 Å². The van der Waals surface area contributed by atoms with Crippen LogP contribution in [0.5, 0.6) is 0 Å². The Morgan fingerprint density at radius 1 is 1.00 bits per heavy atom. The molecule has 166 valence electrons. The molecule has 28 heavy (non-hydrogen) atoms. The molecule has 0 aromatic heterocycles. The van der Waals surface area contributed by atoms with Crippen LogP contribution in [0, 0.1) is 10.8 Å². The minimum Gasteiger partial charge on any atom is -0.461 e. The van der Waals surface area contributed by atoms with Crippen molar-refractivity contribution in [3.8, 4) is 0 Å². The standard InChI is InChI=1S/C20H37F2O5P/c1-9-14(20(21,22)16(24)26-12-10-11-25-8)27-15(23)19(7,18(5,6)28)13-17(2,3)4/h14H,9-13,28H2,1-8H3. The van der Waals surface area contributed by atoms with Crippen LogP contribution in [-0.2, 0) is 23.8 Å². The first kappa shape index (κ1) is 27.2. The van der Waals surface area contributed by atoms with E-state index in [1.165, 1.54) is 14.0 Å². The molecule has 0 saturated carbocycles. The fraction of sp³-hybridized carbons (Fsp3) is 0.900. The van der Waals surface area contributed by atoms with E-state index in [0.29, 0.717) is 19.4 Å². The molecule has 5 nitrogen and oxygen atoms in total. The Hall–Kier alpha value is -0.810. The second kappa shape index (κ2) is 10.3. The topological polar surface area (TPSA) is 61.8 Å². The molecule has 0 spiro atoms. The van der Waals surface area contributed by atoms with E-state index in [9.17, 15) is 18.4 Å². The van der Waals surface area contributed by atoms with Gasteiger partial charge in [-0.25, -0.2) is 4.79 Å². The summed E-state index contributed by atoms with van der Waals surface area (Å²) >= 11 is 0. The van der Waals surface area contributed by atoms with E-state index in [2.05, 4.69) is 14.0 Å². The summed E-state index contributed by atoms with van der Waals surface area (Å²) in [4.78, 5) is 24.9. The number of hydrogen-bond acceptors (Lipinski definition) is 5. The van der Waals surface area contributed by atoms with E-state index in [4.69, 9.17) is 9.47 Å². The fourth-order valence-corrected chi connectivity index (χ4v) is 3.11. The van der Waals surface area contributed by atoms with Crippen LogP contribution in [0.25, 0.3) is 0 Å². The number of hydrogen-bond donors (Lipinski definition) is 0. The van der Waals surface area contributed by atoms with E-state index in [-0.39, 0.29) is 18.4 Å². The molecule has 0 aliphatic rings. The number of rotatable bonds is 11. The van der Waals surface area contributed by atoms with Gasteiger partial charge in [-0.15, -0.1) is 9.24 Å². The lowest BCUT2D eigenvalue weighted by molar-refractivity contribution is -0.204. The lowest BCUT2D eigenvalue weighted by Crippen LogP contribution is -2.51. The van der Waals surface area contributed by atoms with E-state index in [1.54, 1.807) is 6.92 Å². The molecule has 0 heterocycles. The highest BCUT2D eigenvalue weighted by molar-refractivity contribution is 7.19. The third-order valence-electron chi connectivity index (χ3n) is 4.78. The van der Waals surface area contributed by atoms with Gasteiger partial charge < -0.3 is 14.2 Å². The van der Waals surface area contributed by atoms with Crippen LogP contribution in [-0.4, -0.2) is 49.4 Å². The van der Waals surface area contributed by atoms with Crippen LogP contribution >= 0.6 is 9.24 Å². The van der Waals surface area contributed by atoms with Crippen molar-refractivity contribution in [1.82, 2.24) is 0 Å². The summed E-state index contributed by atoms with van der Waals surface area (Å²) in [5, 5.41) is -0.606. The van der Waals surface area contributed by atoms with Crippen LogP contribution in [0.2, 0.25) is 0 Å². The maximum Gasteiger partial charge on any atom is 0.381 e. The second-order valence-electron chi connectivity index (χ2n) is 9.20. The van der Waals surface area contributed by atoms with Crippen molar-refractivity contribution >= 4 is 21.2 Å². The maximum absolute atomic E-state index is 14.6. The van der Waals surface area contributed by atoms with Gasteiger partial charge in [0.2, 0.25) is 0 Å². The van der Waals surface area contributed by atoms with Gasteiger partial charge in [-0.3, -0.25) is 4.79 Å². The quantitative estimate of drug-likeness (QED) is 0.274. The highest BCUT2D eigenvalue weighted by Crippen LogP contribution is 2.47. The van der Waals surface area contributed by atoms with Gasteiger partial charge in [0.25, 0.3) is 0 Å². The molecule has 8 heteroatoms. The summed E-state index contributed by atoms with van der Waals surface area (Å²) in [6.07, 6.45) is -1.37. The third kappa shape index (κ3) is 7.55. The molecule has 0 aliphatic heterocycles. The zero-order valence-corrected chi connectivity index (χ0v) is 19.6. The van der Waals surface area contributed by atoms with Crippen molar-refractivity contribution in [2.24, 2.45) is 10.8 Å². The van der Waals surface area contributed by atoms with Crippen LogP contribution in [0.4, 0.5) is 8.78 Å². The first-order valence-electron chi connectivity index (χ1n) is 9.57. The molecule has 0 aromatic carbocycles. The van der Waals surface area contributed by atoms with Gasteiger partial charge in [-0.2, -0.15) is 8.78 Å². The highest BCUT2D eigenvalue weighted by atomic mass is 31.0. The highest BCUT2D eigenvalue weighted by Gasteiger charge is 2.54. The third-order valence-corrected chi connectivity index (χ3v) is 5.42. The van der Waals surface area contributed by atoms with Crippen molar-refractivity contribution in [1.29, 1.82) is 0 Å². The second-order valence-corrected chi connectivity index (χ2v) is 10.6. The number of carbonyl (C=O) groups excluding carboxylic acids is 2. The Labute approximate surface area is 170 Å². The van der Waals surface area contributed by atoms with E-state index in [1.807, 2.05) is 34.6 Å². The molecule has 0 aliphatic carbocycles. The predicted molar refractivity (Wildman–Crippen MR) is 109 cm³/mol. The van der Waals surface area contributed by atoms with Gasteiger partial charge in [0.05, 0.1) is 12.0 Å². The maximum atomic E-state index is 14.6. The number of alkyl halides is 2. The minimum absolute atomic E-state index is 0.187. The number of halogens is 2. The normalized spacial score (nSPS) is 16.2. The number of carbonyl (C=O) groups is 2. The molecule has 0 aromatic rings. The molecule has 0 fully saturated rings. The summed E-state index contributed by atoms with van der Waals surface area (Å²) in [6.45, 7) is 12.8. The minimum atomic E-state index is -3.93. The van der Waals surface area contributed by atoms with E-state index >= 15 is 0 Å². The van der Waals surface area contributed by atoms with Gasteiger partial charge in [0.15, 0.2) is 6.10 Å². The Balaban J connectivity index is 5.43. The molecule has 0 N–H and O–H groups in total. The monoisotopic (exact) mass is 426 g/mol. The molecule has 0 bridgehead atoms. The van der Waals surface area contributed by atoms with Gasteiger partial charge in [0, 0.05) is 20.1 Å². The predicted octanol–water partition coefficient (Wildman–Crippen LogP) is 4.62.